The zero-order valence-electron chi connectivity index (χ0n) is 41.2. The summed E-state index contributed by atoms with van der Waals surface area (Å²) in [7, 11) is 1.43. The van der Waals surface area contributed by atoms with E-state index in [1.165, 1.54) is 23.8 Å². The SMILES string of the molecule is CCC[C@H](NC(=O)CNC(=O)[C@H](NC(=O)[C@@H](NC(=O)CNC(=O)CN(C)C(C)=O)C(C)C)[C@@H](C)CC)C(=O)N[C@H](C(=O)N[C@@H](CCCN=C(N)N)C(=O)N1CCC[C@H]1C(=O)NCC)[C@@H](C)CC. The molecule has 0 unspecified atom stereocenters. The van der Waals surface area contributed by atoms with Gasteiger partial charge in [-0.05, 0) is 56.8 Å². The van der Waals surface area contributed by atoms with Gasteiger partial charge in [0.2, 0.25) is 59.1 Å². The fourth-order valence-corrected chi connectivity index (χ4v) is 7.12. The Morgan fingerprint density at radius 2 is 1.24 bits per heavy atom. The fourth-order valence-electron chi connectivity index (χ4n) is 7.12. The van der Waals surface area contributed by atoms with Crippen molar-refractivity contribution in [1.82, 2.24) is 52.3 Å². The van der Waals surface area contributed by atoms with Crippen molar-refractivity contribution in [3.05, 3.63) is 0 Å². The molecule has 1 saturated heterocycles. The van der Waals surface area contributed by atoms with Gasteiger partial charge in [-0.3, -0.25) is 52.9 Å². The van der Waals surface area contributed by atoms with Gasteiger partial charge in [-0.2, -0.15) is 0 Å². The minimum atomic E-state index is -1.13. The number of carbonyl (C=O) groups excluding carboxylic acids is 10. The van der Waals surface area contributed by atoms with Crippen LogP contribution in [0.5, 0.6) is 0 Å². The normalized spacial score (nSPS) is 16.3. The van der Waals surface area contributed by atoms with E-state index in [1.807, 2.05) is 13.8 Å². The van der Waals surface area contributed by atoms with Crippen LogP contribution < -0.4 is 54.0 Å². The van der Waals surface area contributed by atoms with Gasteiger partial charge in [-0.25, -0.2) is 0 Å². The maximum atomic E-state index is 14.0. The van der Waals surface area contributed by atoms with Crippen LogP contribution in [0.25, 0.3) is 0 Å². The van der Waals surface area contributed by atoms with E-state index in [4.69, 9.17) is 11.5 Å². The molecule has 0 aromatic rings. The first kappa shape index (κ1) is 59.0. The molecule has 8 atom stereocenters. The number of carbonyl (C=O) groups is 10. The number of nitrogens with two attached hydrogens (primary N) is 2. The highest BCUT2D eigenvalue weighted by Crippen LogP contribution is 2.20. The molecule has 10 amide bonds. The summed E-state index contributed by atoms with van der Waals surface area (Å²) in [5.41, 5.74) is 11.0. The van der Waals surface area contributed by atoms with Crippen LogP contribution in [0.4, 0.5) is 0 Å². The van der Waals surface area contributed by atoms with E-state index < -0.39 is 114 Å². The Balaban J connectivity index is 3.12. The van der Waals surface area contributed by atoms with Crippen molar-refractivity contribution in [2.24, 2.45) is 34.2 Å². The topological polar surface area (TPSA) is 338 Å². The third kappa shape index (κ3) is 20.6. The van der Waals surface area contributed by atoms with Crippen LogP contribution in [-0.2, 0) is 47.9 Å². The summed E-state index contributed by atoms with van der Waals surface area (Å²) in [5.74, 6) is -7.09. The first-order valence-electron chi connectivity index (χ1n) is 23.4. The molecule has 0 aromatic heterocycles. The monoisotopic (exact) mass is 950 g/mol. The minimum Gasteiger partial charge on any atom is -0.370 e. The number of guanidine groups is 1. The van der Waals surface area contributed by atoms with Crippen LogP contribution in [0.1, 0.15) is 114 Å². The number of nitrogens with one attached hydrogen (secondary N) is 8. The molecule has 0 aromatic carbocycles. The van der Waals surface area contributed by atoms with Gasteiger partial charge in [0, 0.05) is 33.6 Å². The Hall–Kier alpha value is -6.03. The number of aliphatic imine (C=N–C) groups is 1. The Kier molecular flexibility index (Phi) is 26.7. The Morgan fingerprint density at radius 1 is 0.672 bits per heavy atom. The Morgan fingerprint density at radius 3 is 1.79 bits per heavy atom. The summed E-state index contributed by atoms with van der Waals surface area (Å²) >= 11 is 0. The highest BCUT2D eigenvalue weighted by atomic mass is 16.2. The third-order valence-corrected chi connectivity index (χ3v) is 11.6. The molecule has 23 heteroatoms. The summed E-state index contributed by atoms with van der Waals surface area (Å²) < 4.78 is 0. The van der Waals surface area contributed by atoms with Gasteiger partial charge in [-0.15, -0.1) is 0 Å². The second-order valence-electron chi connectivity index (χ2n) is 17.4. The summed E-state index contributed by atoms with van der Waals surface area (Å²) in [5, 5.41) is 21.2. The lowest BCUT2D eigenvalue weighted by Crippen LogP contribution is -2.60. The number of hydrogen-bond acceptors (Lipinski definition) is 11. The van der Waals surface area contributed by atoms with Crippen LogP contribution in [0, 0.1) is 17.8 Å². The van der Waals surface area contributed by atoms with Gasteiger partial charge < -0.3 is 63.8 Å². The van der Waals surface area contributed by atoms with Crippen LogP contribution in [-0.4, -0.2) is 157 Å². The molecule has 1 fully saturated rings. The van der Waals surface area contributed by atoms with Crippen molar-refractivity contribution >= 4 is 65.0 Å². The Bertz CT molecular complexity index is 1740. The van der Waals surface area contributed by atoms with Crippen molar-refractivity contribution in [3.8, 4) is 0 Å². The number of likely N-dealkylation sites (tertiary alicyclic amines) is 1. The molecule has 0 bridgehead atoms. The first-order chi connectivity index (χ1) is 31.5. The second-order valence-corrected chi connectivity index (χ2v) is 17.4. The van der Waals surface area contributed by atoms with Gasteiger partial charge in [0.05, 0.1) is 19.6 Å². The molecule has 23 nitrogen and oxygen atoms in total. The fraction of sp³-hybridized carbons (Fsp3) is 0.750. The smallest absolute Gasteiger partial charge is 0.245 e. The van der Waals surface area contributed by atoms with Crippen LogP contribution in [0.3, 0.4) is 0 Å². The lowest BCUT2D eigenvalue weighted by molar-refractivity contribution is -0.142. The summed E-state index contributed by atoms with van der Waals surface area (Å²) in [4.78, 5) is 138. The lowest BCUT2D eigenvalue weighted by Gasteiger charge is -2.31. The van der Waals surface area contributed by atoms with Gasteiger partial charge in [-0.1, -0.05) is 67.7 Å². The molecule has 1 aliphatic rings. The summed E-state index contributed by atoms with van der Waals surface area (Å²) in [6, 6.07) is -6.23. The maximum absolute atomic E-state index is 14.0. The minimum absolute atomic E-state index is 0.128. The van der Waals surface area contributed by atoms with Crippen molar-refractivity contribution in [1.29, 1.82) is 0 Å². The molecule has 1 aliphatic heterocycles. The maximum Gasteiger partial charge on any atom is 0.245 e. The van der Waals surface area contributed by atoms with Crippen molar-refractivity contribution in [2.75, 3.05) is 46.3 Å². The van der Waals surface area contributed by atoms with E-state index in [9.17, 15) is 47.9 Å². The Labute approximate surface area is 395 Å². The predicted molar refractivity (Wildman–Crippen MR) is 251 cm³/mol. The van der Waals surface area contributed by atoms with E-state index in [-0.39, 0.29) is 43.7 Å². The standard InChI is InChI=1S/C44H79N13O10/c1-11-17-29(38(62)54-37(27(8)13-3)42(66)52-30(18-15-20-48-44(45)46)43(67)57-21-16-19-31(57)39(63)47-14-4)51-32(59)23-50-40(64)36(26(7)12-2)55-41(65)35(25(5)6)53-33(60)22-49-34(61)24-56(10)28(9)58/h25-27,29-31,35-37H,11-24H2,1-10H3,(H,47,63)(H,49,61)(H,50,64)(H,51,59)(H,52,66)(H,53,60)(H,54,62)(H,55,65)(H4,45,46,48)/t26-,27-,29-,30-,31-,35-,36+,37-/m0/s1. The van der Waals surface area contributed by atoms with E-state index in [0.29, 0.717) is 51.6 Å². The lowest BCUT2D eigenvalue weighted by atomic mass is 9.96. The molecule has 380 valence electrons. The number of hydrogen-bond donors (Lipinski definition) is 10. The van der Waals surface area contributed by atoms with Crippen LogP contribution in [0.15, 0.2) is 4.99 Å². The molecule has 0 radical (unpaired) electrons. The molecular weight excluding hydrogens is 871 g/mol. The molecular formula is C44H79N13O10. The van der Waals surface area contributed by atoms with Gasteiger partial charge in [0.15, 0.2) is 5.96 Å². The van der Waals surface area contributed by atoms with E-state index in [1.54, 1.807) is 41.5 Å². The summed E-state index contributed by atoms with van der Waals surface area (Å²) in [6.45, 7) is 15.0. The second kappa shape index (κ2) is 30.3. The molecule has 0 saturated carbocycles. The van der Waals surface area contributed by atoms with Crippen molar-refractivity contribution in [3.63, 3.8) is 0 Å². The van der Waals surface area contributed by atoms with Crippen molar-refractivity contribution in [2.45, 2.75) is 150 Å². The van der Waals surface area contributed by atoms with Crippen molar-refractivity contribution < 1.29 is 47.9 Å². The number of likely N-dealkylation sites (N-methyl/N-ethyl adjacent to an activating group) is 2. The zero-order chi connectivity index (χ0) is 51.0. The van der Waals surface area contributed by atoms with Crippen LogP contribution in [0.2, 0.25) is 0 Å². The van der Waals surface area contributed by atoms with E-state index in [2.05, 4.69) is 47.5 Å². The average Bonchev–Trinajstić information content (AvgIpc) is 3.78. The number of amides is 10. The average molecular weight is 950 g/mol. The van der Waals surface area contributed by atoms with Gasteiger partial charge in [0.25, 0.3) is 0 Å². The summed E-state index contributed by atoms with van der Waals surface area (Å²) in [6.07, 6.45) is 3.08. The van der Waals surface area contributed by atoms with E-state index in [0.717, 1.165) is 0 Å². The largest absolute Gasteiger partial charge is 0.370 e. The van der Waals surface area contributed by atoms with E-state index >= 15 is 0 Å². The highest BCUT2D eigenvalue weighted by Gasteiger charge is 2.39. The zero-order valence-corrected chi connectivity index (χ0v) is 41.2. The molecule has 0 spiro atoms. The molecule has 1 heterocycles. The van der Waals surface area contributed by atoms with Gasteiger partial charge >= 0.3 is 0 Å². The number of rotatable bonds is 29. The molecule has 0 aliphatic carbocycles. The van der Waals surface area contributed by atoms with Crippen LogP contribution >= 0.6 is 0 Å². The third-order valence-electron chi connectivity index (χ3n) is 11.6. The molecule has 1 rings (SSSR count). The number of nitrogens with zero attached hydrogens (tertiary/aromatic N) is 3. The quantitative estimate of drug-likeness (QED) is 0.0218. The molecule has 12 N–H and O–H groups in total. The van der Waals surface area contributed by atoms with Gasteiger partial charge in [0.1, 0.15) is 36.3 Å². The predicted octanol–water partition coefficient (Wildman–Crippen LogP) is -2.15. The molecule has 67 heavy (non-hydrogen) atoms. The first-order valence-corrected chi connectivity index (χ1v) is 23.4. The highest BCUT2D eigenvalue weighted by molar-refractivity contribution is 5.97.